The van der Waals surface area contributed by atoms with Gasteiger partial charge in [-0.15, -0.1) is 10.2 Å². The fourth-order valence-electron chi connectivity index (χ4n) is 4.47. The Morgan fingerprint density at radius 3 is 2.64 bits per heavy atom. The fourth-order valence-corrected chi connectivity index (χ4v) is 4.47. The molecule has 1 aliphatic carbocycles. The summed E-state index contributed by atoms with van der Waals surface area (Å²) in [7, 11) is 1.63. The second kappa shape index (κ2) is 8.61. The van der Waals surface area contributed by atoms with Crippen LogP contribution in [-0.2, 0) is 36.0 Å². The Balaban J connectivity index is 1.26. The second-order valence-corrected chi connectivity index (χ2v) is 8.41. The van der Waals surface area contributed by atoms with Crippen molar-refractivity contribution in [3.8, 4) is 0 Å². The maximum Gasteiger partial charge on any atom is 0.306 e. The van der Waals surface area contributed by atoms with Crippen molar-refractivity contribution in [3.63, 3.8) is 0 Å². The molecule has 0 fully saturated rings. The van der Waals surface area contributed by atoms with Crippen molar-refractivity contribution in [1.29, 1.82) is 0 Å². The first-order valence-corrected chi connectivity index (χ1v) is 11.2. The van der Waals surface area contributed by atoms with Gasteiger partial charge in [0.2, 0.25) is 5.78 Å². The molecule has 0 spiro atoms. The molecule has 0 atom stereocenters. The van der Waals surface area contributed by atoms with Crippen LogP contribution in [0, 0.1) is 0 Å². The van der Waals surface area contributed by atoms with Gasteiger partial charge in [0.15, 0.2) is 18.2 Å². The number of Topliss-reactive ketones (excluding diaryl/α,β-unsaturated/α-hetero) is 1. The van der Waals surface area contributed by atoms with Crippen LogP contribution in [0.25, 0.3) is 16.7 Å². The van der Waals surface area contributed by atoms with E-state index in [-0.39, 0.29) is 30.8 Å². The largest absolute Gasteiger partial charge is 0.457 e. The molecular formula is C25H24N4O4. The van der Waals surface area contributed by atoms with Gasteiger partial charge in [-0.05, 0) is 55.0 Å². The van der Waals surface area contributed by atoms with E-state index in [1.54, 1.807) is 29.6 Å². The smallest absolute Gasteiger partial charge is 0.306 e. The first-order valence-electron chi connectivity index (χ1n) is 11.2. The monoisotopic (exact) mass is 444 g/mol. The van der Waals surface area contributed by atoms with Crippen molar-refractivity contribution in [1.82, 2.24) is 19.2 Å². The lowest BCUT2D eigenvalue weighted by molar-refractivity contribution is -0.145. The number of aromatic nitrogens is 4. The van der Waals surface area contributed by atoms with E-state index in [1.807, 2.05) is 24.3 Å². The van der Waals surface area contributed by atoms with Crippen LogP contribution in [-0.4, -0.2) is 30.9 Å². The molecule has 33 heavy (non-hydrogen) atoms. The summed E-state index contributed by atoms with van der Waals surface area (Å²) in [4.78, 5) is 37.5. The number of carbonyl (C=O) groups is 2. The molecule has 2 aromatic heterocycles. The molecule has 0 bridgehead atoms. The third-order valence-corrected chi connectivity index (χ3v) is 6.28. The van der Waals surface area contributed by atoms with Gasteiger partial charge in [-0.3, -0.25) is 23.4 Å². The predicted octanol–water partition coefficient (Wildman–Crippen LogP) is 3.17. The number of esters is 1. The second-order valence-electron chi connectivity index (χ2n) is 8.41. The van der Waals surface area contributed by atoms with E-state index in [2.05, 4.69) is 10.2 Å². The summed E-state index contributed by atoms with van der Waals surface area (Å²) in [5.74, 6) is 0.236. The van der Waals surface area contributed by atoms with Crippen LogP contribution >= 0.6 is 0 Å². The number of nitrogens with zero attached hydrogens (tertiary/aromatic N) is 4. The third-order valence-electron chi connectivity index (χ3n) is 6.28. The highest BCUT2D eigenvalue weighted by Crippen LogP contribution is 2.23. The van der Waals surface area contributed by atoms with Crippen molar-refractivity contribution in [3.05, 3.63) is 75.3 Å². The topological polar surface area (TPSA) is 95.6 Å². The van der Waals surface area contributed by atoms with E-state index in [1.165, 1.54) is 22.1 Å². The number of carbonyl (C=O) groups excluding carboxylic acids is 2. The zero-order valence-electron chi connectivity index (χ0n) is 18.4. The van der Waals surface area contributed by atoms with Crippen LogP contribution in [0.5, 0.6) is 0 Å². The number of benzene rings is 2. The zero-order valence-corrected chi connectivity index (χ0v) is 18.4. The molecule has 0 radical (unpaired) electrons. The standard InChI is InChI=1S/C25H24N4O4/c1-28-24(32)19-8-4-5-9-20(19)29-22(26-27-25(28)29)15-33-23(31)13-12-21(30)18-11-10-16-6-2-3-7-17(16)14-18/h4-5,8-11,14H,2-3,6-7,12-13,15H2,1H3. The highest BCUT2D eigenvalue weighted by Gasteiger charge is 2.17. The van der Waals surface area contributed by atoms with Crippen molar-refractivity contribution in [2.75, 3.05) is 0 Å². The van der Waals surface area contributed by atoms with Crippen LogP contribution in [0.2, 0.25) is 0 Å². The quantitative estimate of drug-likeness (QED) is 0.335. The van der Waals surface area contributed by atoms with Crippen LogP contribution in [0.4, 0.5) is 0 Å². The van der Waals surface area contributed by atoms with Gasteiger partial charge in [0.25, 0.3) is 5.56 Å². The Bertz CT molecular complexity index is 1450. The number of hydrogen-bond acceptors (Lipinski definition) is 6. The Labute approximate surface area is 189 Å². The number of rotatable bonds is 6. The Morgan fingerprint density at radius 1 is 1.00 bits per heavy atom. The van der Waals surface area contributed by atoms with Crippen molar-refractivity contribution >= 4 is 28.4 Å². The highest BCUT2D eigenvalue weighted by molar-refractivity contribution is 5.97. The molecule has 8 heteroatoms. The van der Waals surface area contributed by atoms with Gasteiger partial charge in [0.1, 0.15) is 0 Å². The number of hydrogen-bond donors (Lipinski definition) is 0. The summed E-state index contributed by atoms with van der Waals surface area (Å²) in [5, 5.41) is 8.72. The number of fused-ring (bicyclic) bond motifs is 4. The minimum absolute atomic E-state index is 0.00805. The maximum atomic E-state index is 12.6. The normalized spacial score (nSPS) is 13.2. The lowest BCUT2D eigenvalue weighted by atomic mass is 9.89. The molecule has 0 N–H and O–H groups in total. The Kier molecular flexibility index (Phi) is 5.50. The lowest BCUT2D eigenvalue weighted by Crippen LogP contribution is -2.20. The average Bonchev–Trinajstić information content (AvgIpc) is 3.28. The molecule has 2 aromatic carbocycles. The van der Waals surface area contributed by atoms with Crippen molar-refractivity contribution in [2.24, 2.45) is 7.05 Å². The van der Waals surface area contributed by atoms with Gasteiger partial charge in [-0.2, -0.15) is 0 Å². The Morgan fingerprint density at radius 2 is 1.79 bits per heavy atom. The van der Waals surface area contributed by atoms with Crippen LogP contribution in [0.3, 0.4) is 0 Å². The van der Waals surface area contributed by atoms with Gasteiger partial charge in [0, 0.05) is 19.0 Å². The maximum absolute atomic E-state index is 12.6. The molecular weight excluding hydrogens is 420 g/mol. The van der Waals surface area contributed by atoms with Gasteiger partial charge < -0.3 is 4.74 Å². The molecule has 5 rings (SSSR count). The van der Waals surface area contributed by atoms with Gasteiger partial charge >= 0.3 is 5.97 Å². The van der Waals surface area contributed by atoms with E-state index in [0.29, 0.717) is 28.1 Å². The summed E-state index contributed by atoms with van der Waals surface area (Å²) in [6.07, 6.45) is 4.50. The minimum atomic E-state index is -0.479. The summed E-state index contributed by atoms with van der Waals surface area (Å²) in [6.45, 7) is -0.102. The number of ketones is 1. The third kappa shape index (κ3) is 3.92. The molecule has 0 saturated heterocycles. The average molecular weight is 444 g/mol. The van der Waals surface area contributed by atoms with Crippen LogP contribution in [0.15, 0.2) is 47.3 Å². The minimum Gasteiger partial charge on any atom is -0.457 e. The molecule has 2 heterocycles. The number of aryl methyl sites for hydroxylation is 3. The molecule has 168 valence electrons. The number of para-hydroxylation sites is 1. The van der Waals surface area contributed by atoms with E-state index in [9.17, 15) is 14.4 Å². The van der Waals surface area contributed by atoms with Gasteiger partial charge in [-0.25, -0.2) is 0 Å². The summed E-state index contributed by atoms with van der Waals surface area (Å²) in [6, 6.07) is 13.0. The highest BCUT2D eigenvalue weighted by atomic mass is 16.5. The molecule has 0 saturated carbocycles. The summed E-state index contributed by atoms with van der Waals surface area (Å²) in [5.41, 5.74) is 3.70. The fraction of sp³-hybridized carbons (Fsp3) is 0.320. The van der Waals surface area contributed by atoms with Crippen molar-refractivity contribution in [2.45, 2.75) is 45.1 Å². The van der Waals surface area contributed by atoms with E-state index < -0.39 is 5.97 Å². The zero-order chi connectivity index (χ0) is 22.9. The van der Waals surface area contributed by atoms with E-state index >= 15 is 0 Å². The first-order chi connectivity index (χ1) is 16.0. The van der Waals surface area contributed by atoms with Crippen LogP contribution < -0.4 is 5.56 Å². The summed E-state index contributed by atoms with van der Waals surface area (Å²) >= 11 is 0. The van der Waals surface area contributed by atoms with E-state index in [0.717, 1.165) is 19.3 Å². The van der Waals surface area contributed by atoms with Gasteiger partial charge in [-0.1, -0.05) is 24.3 Å². The Hall–Kier alpha value is -3.81. The first kappa shape index (κ1) is 21.1. The number of ether oxygens (including phenoxy) is 1. The van der Waals surface area contributed by atoms with E-state index in [4.69, 9.17) is 4.74 Å². The van der Waals surface area contributed by atoms with Crippen molar-refractivity contribution < 1.29 is 14.3 Å². The molecule has 0 unspecified atom stereocenters. The molecule has 8 nitrogen and oxygen atoms in total. The molecule has 1 aliphatic rings. The molecule has 0 aliphatic heterocycles. The molecule has 4 aromatic rings. The van der Waals surface area contributed by atoms with Crippen LogP contribution in [0.1, 0.15) is 53.0 Å². The van der Waals surface area contributed by atoms with Gasteiger partial charge in [0.05, 0.1) is 17.3 Å². The SMILES string of the molecule is Cn1c(=O)c2ccccc2n2c(COC(=O)CCC(=O)c3ccc4c(c3)CCCC4)nnc12. The summed E-state index contributed by atoms with van der Waals surface area (Å²) < 4.78 is 8.51. The lowest BCUT2D eigenvalue weighted by Gasteiger charge is -2.16. The predicted molar refractivity (Wildman–Crippen MR) is 122 cm³/mol. The molecule has 0 amide bonds.